The molecule has 0 aliphatic heterocycles. The van der Waals surface area contributed by atoms with E-state index in [2.05, 4.69) is 15.3 Å². The lowest BCUT2D eigenvalue weighted by Gasteiger charge is -2.04. The van der Waals surface area contributed by atoms with Gasteiger partial charge in [-0.15, -0.1) is 0 Å². The van der Waals surface area contributed by atoms with Crippen LogP contribution >= 0.6 is 0 Å². The molecule has 17 heavy (non-hydrogen) atoms. The van der Waals surface area contributed by atoms with Crippen molar-refractivity contribution in [2.24, 2.45) is 0 Å². The smallest absolute Gasteiger partial charge is 0.332 e. The Hall–Kier alpha value is -2.73. The highest BCUT2D eigenvalue weighted by Gasteiger charge is 2.12. The quantitative estimate of drug-likeness (QED) is 0.551. The number of aliphatic carboxylic acids is 1. The maximum atomic E-state index is 10.4. The van der Waals surface area contributed by atoms with Gasteiger partial charge in [-0.1, -0.05) is 0 Å². The third-order valence-corrected chi connectivity index (χ3v) is 1.57. The molecule has 0 aliphatic rings. The van der Waals surface area contributed by atoms with Gasteiger partial charge in [0.2, 0.25) is 0 Å². The fraction of sp³-hybridized carbons (Fsp3) is 0.125. The van der Waals surface area contributed by atoms with Gasteiger partial charge in [-0.3, -0.25) is 15.0 Å². The van der Waals surface area contributed by atoms with E-state index in [1.807, 2.05) is 0 Å². The second kappa shape index (κ2) is 5.38. The minimum atomic E-state index is -1.21. The maximum Gasteiger partial charge on any atom is 0.332 e. The Kier molecular flexibility index (Phi) is 3.91. The minimum absolute atomic E-state index is 0.0839. The van der Waals surface area contributed by atoms with Gasteiger partial charge in [0.15, 0.2) is 12.4 Å². The van der Waals surface area contributed by atoms with Gasteiger partial charge in [0.25, 0.3) is 5.69 Å². The van der Waals surface area contributed by atoms with Crippen LogP contribution in [0.15, 0.2) is 12.3 Å². The number of nitro groups is 1. The van der Waals surface area contributed by atoms with E-state index in [-0.39, 0.29) is 17.1 Å². The molecule has 1 aromatic heterocycles. The number of carboxylic acid groups (broad SMARTS) is 1. The largest absolute Gasteiger partial charge is 0.479 e. The molecule has 1 heterocycles. The molecular formula is C8H6N4O5. The van der Waals surface area contributed by atoms with Crippen LogP contribution in [0.25, 0.3) is 0 Å². The van der Waals surface area contributed by atoms with E-state index in [0.29, 0.717) is 0 Å². The highest BCUT2D eigenvalue weighted by molar-refractivity contribution is 5.68. The van der Waals surface area contributed by atoms with E-state index in [1.54, 1.807) is 6.07 Å². The van der Waals surface area contributed by atoms with Gasteiger partial charge in [-0.25, -0.2) is 15.3 Å². The second-order valence-electron chi connectivity index (χ2n) is 2.74. The fourth-order valence-electron chi connectivity index (χ4n) is 0.886. The molecule has 0 unspecified atom stereocenters. The zero-order valence-corrected chi connectivity index (χ0v) is 8.28. The van der Waals surface area contributed by atoms with Crippen molar-refractivity contribution in [3.8, 4) is 6.07 Å². The Bertz CT molecular complexity index is 495. The van der Waals surface area contributed by atoms with E-state index in [4.69, 9.17) is 10.4 Å². The SMILES string of the molecule is N#Cc1cc([N+](=O)[O-])cnc1NOCC(=O)O. The normalized spacial score (nSPS) is 9.35. The molecular weight excluding hydrogens is 232 g/mol. The third kappa shape index (κ3) is 3.40. The number of nitrogens with zero attached hydrogens (tertiary/aromatic N) is 3. The van der Waals surface area contributed by atoms with Crippen LogP contribution in [-0.2, 0) is 9.63 Å². The van der Waals surface area contributed by atoms with E-state index >= 15 is 0 Å². The summed E-state index contributed by atoms with van der Waals surface area (Å²) in [5.74, 6) is -1.29. The first-order valence-electron chi connectivity index (χ1n) is 4.18. The number of nitrogens with one attached hydrogen (secondary N) is 1. The number of anilines is 1. The first kappa shape index (κ1) is 12.3. The molecule has 0 aromatic carbocycles. The zero-order valence-electron chi connectivity index (χ0n) is 8.28. The summed E-state index contributed by atoms with van der Waals surface area (Å²) in [7, 11) is 0. The minimum Gasteiger partial charge on any atom is -0.479 e. The van der Waals surface area contributed by atoms with Crippen LogP contribution in [0.1, 0.15) is 5.56 Å². The van der Waals surface area contributed by atoms with E-state index in [1.165, 1.54) is 0 Å². The Balaban J connectivity index is 2.83. The summed E-state index contributed by atoms with van der Waals surface area (Å²) in [6, 6.07) is 2.67. The summed E-state index contributed by atoms with van der Waals surface area (Å²) in [5.41, 5.74) is 1.66. The third-order valence-electron chi connectivity index (χ3n) is 1.57. The molecule has 0 saturated carbocycles. The Morgan fingerprint density at radius 2 is 2.47 bits per heavy atom. The van der Waals surface area contributed by atoms with Crippen molar-refractivity contribution < 1.29 is 19.7 Å². The monoisotopic (exact) mass is 238 g/mol. The van der Waals surface area contributed by atoms with Crippen LogP contribution < -0.4 is 5.48 Å². The number of hydrogen-bond acceptors (Lipinski definition) is 7. The van der Waals surface area contributed by atoms with Crippen LogP contribution in [0, 0.1) is 21.4 Å². The van der Waals surface area contributed by atoms with E-state index in [0.717, 1.165) is 12.3 Å². The van der Waals surface area contributed by atoms with Crippen molar-refractivity contribution in [3.05, 3.63) is 27.9 Å². The van der Waals surface area contributed by atoms with Crippen molar-refractivity contribution in [1.29, 1.82) is 5.26 Å². The maximum absolute atomic E-state index is 10.4. The van der Waals surface area contributed by atoms with Gasteiger partial charge < -0.3 is 5.11 Å². The lowest BCUT2D eigenvalue weighted by Crippen LogP contribution is -2.12. The molecule has 0 radical (unpaired) electrons. The molecule has 9 nitrogen and oxygen atoms in total. The van der Waals surface area contributed by atoms with Crippen molar-refractivity contribution in [2.75, 3.05) is 12.1 Å². The summed E-state index contributed by atoms with van der Waals surface area (Å²) in [6.07, 6.45) is 0.924. The molecule has 0 aliphatic carbocycles. The number of carbonyl (C=O) groups is 1. The van der Waals surface area contributed by atoms with Crippen molar-refractivity contribution >= 4 is 17.5 Å². The van der Waals surface area contributed by atoms with Crippen molar-refractivity contribution in [2.45, 2.75) is 0 Å². The predicted molar refractivity (Wildman–Crippen MR) is 52.8 cm³/mol. The predicted octanol–water partition coefficient (Wildman–Crippen LogP) is 0.290. The molecule has 0 atom stereocenters. The molecule has 1 rings (SSSR count). The van der Waals surface area contributed by atoms with Crippen LogP contribution in [0.5, 0.6) is 0 Å². The molecule has 0 bridgehead atoms. The summed E-state index contributed by atoms with van der Waals surface area (Å²) in [5, 5.41) is 27.4. The average molecular weight is 238 g/mol. The van der Waals surface area contributed by atoms with Gasteiger partial charge in [-0.05, 0) is 0 Å². The van der Waals surface area contributed by atoms with Gasteiger partial charge in [-0.2, -0.15) is 5.26 Å². The number of aromatic nitrogens is 1. The number of rotatable bonds is 5. The number of nitriles is 1. The Morgan fingerprint density at radius 1 is 1.76 bits per heavy atom. The van der Waals surface area contributed by atoms with Gasteiger partial charge >= 0.3 is 5.97 Å². The van der Waals surface area contributed by atoms with Gasteiger partial charge in [0.05, 0.1) is 4.92 Å². The standard InChI is InChI=1S/C8H6N4O5/c9-2-5-1-6(12(15)16)3-10-8(5)11-17-4-7(13)14/h1,3H,4H2,(H,10,11)(H,13,14). The molecule has 1 aromatic rings. The molecule has 0 saturated heterocycles. The molecule has 0 fully saturated rings. The molecule has 2 N–H and O–H groups in total. The summed E-state index contributed by atoms with van der Waals surface area (Å²) >= 11 is 0. The summed E-state index contributed by atoms with van der Waals surface area (Å²) in [4.78, 5) is 27.9. The number of pyridine rings is 1. The van der Waals surface area contributed by atoms with Crippen LogP contribution in [-0.4, -0.2) is 27.6 Å². The number of hydrogen-bond donors (Lipinski definition) is 2. The summed E-state index contributed by atoms with van der Waals surface area (Å²) in [6.45, 7) is -0.635. The van der Waals surface area contributed by atoms with Crippen LogP contribution in [0.3, 0.4) is 0 Å². The highest BCUT2D eigenvalue weighted by Crippen LogP contribution is 2.17. The van der Waals surface area contributed by atoms with Gasteiger partial charge in [0, 0.05) is 6.07 Å². The Labute approximate surface area is 94.4 Å². The highest BCUT2D eigenvalue weighted by atomic mass is 16.7. The van der Waals surface area contributed by atoms with Crippen molar-refractivity contribution in [3.63, 3.8) is 0 Å². The first-order valence-corrected chi connectivity index (χ1v) is 4.18. The van der Waals surface area contributed by atoms with Crippen molar-refractivity contribution in [1.82, 2.24) is 4.98 Å². The van der Waals surface area contributed by atoms with E-state index in [9.17, 15) is 14.9 Å². The topological polar surface area (TPSA) is 138 Å². The lowest BCUT2D eigenvalue weighted by atomic mass is 10.2. The number of carboxylic acids is 1. The van der Waals surface area contributed by atoms with E-state index < -0.39 is 17.5 Å². The fourth-order valence-corrected chi connectivity index (χ4v) is 0.886. The summed E-state index contributed by atoms with van der Waals surface area (Å²) < 4.78 is 0. The molecule has 9 heteroatoms. The molecule has 0 spiro atoms. The average Bonchev–Trinajstić information content (AvgIpc) is 2.28. The van der Waals surface area contributed by atoms with Crippen LogP contribution in [0.4, 0.5) is 11.5 Å². The lowest BCUT2D eigenvalue weighted by molar-refractivity contribution is -0.385. The Morgan fingerprint density at radius 3 is 3.00 bits per heavy atom. The first-order chi connectivity index (χ1) is 8.04. The second-order valence-corrected chi connectivity index (χ2v) is 2.74. The molecule has 0 amide bonds. The van der Waals surface area contributed by atoms with Crippen LogP contribution in [0.2, 0.25) is 0 Å². The molecule has 88 valence electrons. The van der Waals surface area contributed by atoms with Gasteiger partial charge in [0.1, 0.15) is 17.8 Å². The zero-order chi connectivity index (χ0) is 12.8.